The second kappa shape index (κ2) is 12.7. The van der Waals surface area contributed by atoms with Gasteiger partial charge in [0.1, 0.15) is 0 Å². The number of aliphatic hydroxyl groups is 2. The minimum absolute atomic E-state index is 0.0204. The van der Waals surface area contributed by atoms with Crippen molar-refractivity contribution < 1.29 is 38.8 Å². The normalized spacial score (nSPS) is 23.7. The summed E-state index contributed by atoms with van der Waals surface area (Å²) in [5.74, 6) is -1.84. The fourth-order valence-electron chi connectivity index (χ4n) is 5.94. The first kappa shape index (κ1) is 29.2. The van der Waals surface area contributed by atoms with Crippen molar-refractivity contribution >= 4 is 17.8 Å². The largest absolute Gasteiger partial charge is 0.395 e. The number of ether oxygens (including phenoxy) is 3. The third-order valence-electron chi connectivity index (χ3n) is 8.37. The predicted molar refractivity (Wildman–Crippen MR) is 154 cm³/mol. The van der Waals surface area contributed by atoms with Crippen molar-refractivity contribution in [3.63, 3.8) is 0 Å². The Bertz CT molecular complexity index is 1490. The lowest BCUT2D eigenvalue weighted by Gasteiger charge is -2.38. The van der Waals surface area contributed by atoms with E-state index in [1.807, 2.05) is 48.5 Å². The highest BCUT2D eigenvalue weighted by Gasteiger charge is 2.35. The molecule has 0 aliphatic carbocycles. The van der Waals surface area contributed by atoms with E-state index in [1.54, 1.807) is 0 Å². The van der Waals surface area contributed by atoms with Crippen molar-refractivity contribution in [3.05, 3.63) is 106 Å². The second-order valence-electron chi connectivity index (χ2n) is 11.2. The van der Waals surface area contributed by atoms with Crippen molar-refractivity contribution in [2.75, 3.05) is 19.7 Å². The molecule has 2 saturated heterocycles. The molecule has 3 aliphatic rings. The maximum Gasteiger partial charge on any atom is 0.346 e. The molecule has 6 rings (SSSR count). The zero-order valence-corrected chi connectivity index (χ0v) is 23.6. The molecular weight excluding hydrogens is 552 g/mol. The Balaban J connectivity index is 1.13. The zero-order chi connectivity index (χ0) is 29.9. The predicted octanol–water partition coefficient (Wildman–Crippen LogP) is 3.42. The number of hydrogen-bond donors (Lipinski definition) is 3. The van der Waals surface area contributed by atoms with E-state index in [-0.39, 0.29) is 60.6 Å². The molecule has 4 unspecified atom stereocenters. The molecule has 4 atom stereocenters. The first-order chi connectivity index (χ1) is 20.9. The van der Waals surface area contributed by atoms with Gasteiger partial charge in [0, 0.05) is 36.7 Å². The topological polar surface area (TPSA) is 135 Å². The molecule has 3 aromatic carbocycles. The molecule has 224 valence electrons. The first-order valence-corrected chi connectivity index (χ1v) is 14.5. The van der Waals surface area contributed by atoms with E-state index in [9.17, 15) is 24.6 Å². The number of carbonyl (C=O) groups is 3. The number of rotatable bonds is 9. The first-order valence-electron chi connectivity index (χ1n) is 14.5. The lowest BCUT2D eigenvalue weighted by molar-refractivity contribution is -0.253. The fourth-order valence-corrected chi connectivity index (χ4v) is 5.94. The van der Waals surface area contributed by atoms with Gasteiger partial charge in [0.15, 0.2) is 6.29 Å². The number of amides is 1. The van der Waals surface area contributed by atoms with Crippen molar-refractivity contribution in [3.8, 4) is 0 Å². The van der Waals surface area contributed by atoms with Crippen LogP contribution in [0.1, 0.15) is 85.0 Å². The third kappa shape index (κ3) is 6.39. The van der Waals surface area contributed by atoms with Gasteiger partial charge in [-0.25, -0.2) is 9.59 Å². The average Bonchev–Trinajstić information content (AvgIpc) is 3.61. The van der Waals surface area contributed by atoms with E-state index in [2.05, 4.69) is 15.0 Å². The number of cyclic esters (lactones) is 2. The van der Waals surface area contributed by atoms with Crippen LogP contribution in [0.3, 0.4) is 0 Å². The van der Waals surface area contributed by atoms with Crippen LogP contribution in [-0.4, -0.2) is 64.8 Å². The average molecular weight is 587 g/mol. The van der Waals surface area contributed by atoms with Gasteiger partial charge in [-0.05, 0) is 54.3 Å². The maximum absolute atomic E-state index is 12.7. The minimum Gasteiger partial charge on any atom is -0.395 e. The summed E-state index contributed by atoms with van der Waals surface area (Å²) in [6.45, 7) is 2.00. The number of likely N-dealkylation sites (tertiary alicyclic amines) is 1. The Morgan fingerprint density at radius 1 is 0.884 bits per heavy atom. The smallest absolute Gasteiger partial charge is 0.346 e. The number of nitrogens with zero attached hydrogens (tertiary/aromatic N) is 1. The SMILES string of the molecule is O=C(NCc1ccc(C2OC(CN3CCCC3CO)CC(c3ccc(CO)cc3)O2)cc1)c1ccc2c(c1)C(=O)OC2=O. The highest BCUT2D eigenvalue weighted by molar-refractivity contribution is 6.15. The summed E-state index contributed by atoms with van der Waals surface area (Å²) >= 11 is 0. The van der Waals surface area contributed by atoms with Crippen LogP contribution in [0.15, 0.2) is 66.7 Å². The van der Waals surface area contributed by atoms with Crippen LogP contribution in [0.2, 0.25) is 0 Å². The van der Waals surface area contributed by atoms with E-state index < -0.39 is 18.2 Å². The molecule has 0 aromatic heterocycles. The van der Waals surface area contributed by atoms with Crippen molar-refractivity contribution in [1.29, 1.82) is 0 Å². The molecule has 0 spiro atoms. The summed E-state index contributed by atoms with van der Waals surface area (Å²) in [6.07, 6.45) is 1.79. The van der Waals surface area contributed by atoms with Crippen LogP contribution in [-0.2, 0) is 27.4 Å². The summed E-state index contributed by atoms with van der Waals surface area (Å²) < 4.78 is 17.5. The zero-order valence-electron chi connectivity index (χ0n) is 23.6. The molecule has 3 aromatic rings. The van der Waals surface area contributed by atoms with Crippen LogP contribution < -0.4 is 5.32 Å². The lowest BCUT2D eigenvalue weighted by Crippen LogP contribution is -2.42. The number of hydrogen-bond acceptors (Lipinski definition) is 9. The summed E-state index contributed by atoms with van der Waals surface area (Å²) in [7, 11) is 0. The molecule has 10 heteroatoms. The molecular formula is C33H34N2O8. The number of esters is 2. The van der Waals surface area contributed by atoms with Gasteiger partial charge in [0.05, 0.1) is 36.5 Å². The van der Waals surface area contributed by atoms with Crippen molar-refractivity contribution in [2.24, 2.45) is 0 Å². The van der Waals surface area contributed by atoms with Gasteiger partial charge in [0.25, 0.3) is 5.91 Å². The lowest BCUT2D eigenvalue weighted by atomic mass is 9.99. The number of fused-ring (bicyclic) bond motifs is 1. The van der Waals surface area contributed by atoms with Crippen molar-refractivity contribution in [2.45, 2.75) is 57.0 Å². The third-order valence-corrected chi connectivity index (χ3v) is 8.37. The highest BCUT2D eigenvalue weighted by atomic mass is 16.7. The Morgan fingerprint density at radius 2 is 1.60 bits per heavy atom. The molecule has 2 fully saturated rings. The van der Waals surface area contributed by atoms with E-state index in [4.69, 9.17) is 9.47 Å². The number of benzene rings is 3. The fraction of sp³-hybridized carbons (Fsp3) is 0.364. The van der Waals surface area contributed by atoms with Gasteiger partial charge < -0.3 is 29.7 Å². The van der Waals surface area contributed by atoms with Crippen LogP contribution in [0.4, 0.5) is 0 Å². The van der Waals surface area contributed by atoms with Crippen LogP contribution in [0.5, 0.6) is 0 Å². The Kier molecular flexibility index (Phi) is 8.64. The van der Waals surface area contributed by atoms with E-state index in [0.717, 1.165) is 41.6 Å². The standard InChI is InChI=1S/C33H34N2O8/c36-18-21-5-7-22(8-6-21)29-15-26(17-35-13-1-2-25(35)19-37)41-33(42-29)23-9-3-20(4-10-23)16-34-30(38)24-11-12-27-28(14-24)32(40)43-31(27)39/h3-12,14,25-26,29,33,36-37H,1-2,13,15-19H2,(H,34,38). The van der Waals surface area contributed by atoms with E-state index >= 15 is 0 Å². The Morgan fingerprint density at radius 3 is 2.35 bits per heavy atom. The highest BCUT2D eigenvalue weighted by Crippen LogP contribution is 2.38. The molecule has 0 radical (unpaired) electrons. The monoisotopic (exact) mass is 586 g/mol. The van der Waals surface area contributed by atoms with E-state index in [0.29, 0.717) is 13.0 Å². The van der Waals surface area contributed by atoms with Gasteiger partial charge in [-0.2, -0.15) is 0 Å². The summed E-state index contributed by atoms with van der Waals surface area (Å²) in [5, 5.41) is 22.1. The molecule has 0 bridgehead atoms. The number of carbonyl (C=O) groups excluding carboxylic acids is 3. The molecule has 0 saturated carbocycles. The van der Waals surface area contributed by atoms with Gasteiger partial charge >= 0.3 is 11.9 Å². The molecule has 43 heavy (non-hydrogen) atoms. The van der Waals surface area contributed by atoms with E-state index in [1.165, 1.54) is 18.2 Å². The molecule has 3 N–H and O–H groups in total. The summed E-state index contributed by atoms with van der Waals surface area (Å²) in [6, 6.07) is 19.8. The molecule has 3 aliphatic heterocycles. The van der Waals surface area contributed by atoms with Crippen LogP contribution in [0.25, 0.3) is 0 Å². The van der Waals surface area contributed by atoms with Gasteiger partial charge in [-0.15, -0.1) is 0 Å². The quantitative estimate of drug-likeness (QED) is 0.255. The molecule has 10 nitrogen and oxygen atoms in total. The Hall–Kier alpha value is -3.93. The molecule has 3 heterocycles. The maximum atomic E-state index is 12.7. The minimum atomic E-state index is -0.752. The summed E-state index contributed by atoms with van der Waals surface area (Å²) in [5.41, 5.74) is 4.06. The second-order valence-corrected chi connectivity index (χ2v) is 11.2. The summed E-state index contributed by atoms with van der Waals surface area (Å²) in [4.78, 5) is 38.5. The van der Waals surface area contributed by atoms with Crippen molar-refractivity contribution in [1.82, 2.24) is 10.2 Å². The number of aliphatic hydroxyl groups excluding tert-OH is 2. The number of nitrogens with one attached hydrogen (secondary N) is 1. The van der Waals surface area contributed by atoms with Gasteiger partial charge in [-0.1, -0.05) is 48.5 Å². The van der Waals surface area contributed by atoms with Crippen LogP contribution in [0, 0.1) is 0 Å². The van der Waals surface area contributed by atoms with Gasteiger partial charge in [0.2, 0.25) is 0 Å². The molecule has 1 amide bonds. The van der Waals surface area contributed by atoms with Gasteiger partial charge in [-0.3, -0.25) is 9.69 Å². The van der Waals surface area contributed by atoms with Crippen LogP contribution >= 0.6 is 0 Å². The Labute approximate surface area is 249 Å².